The number of hydrogen-bond acceptors (Lipinski definition) is 5. The largest absolute Gasteiger partial charge is 0.378 e. The molecule has 0 aromatic heterocycles. The monoisotopic (exact) mass is 313 g/mol. The normalized spacial score (nSPS) is 34.4. The molecule has 21 heavy (non-hydrogen) atoms. The minimum Gasteiger partial charge on any atom is -0.378 e. The van der Waals surface area contributed by atoms with E-state index in [1.54, 1.807) is 0 Å². The SMILES string of the molecule is O=C(CCOC1CCNCC1)C1CCOC2(CCSC2)C1. The molecular formula is C16H27NO3S. The number of ether oxygens (including phenoxy) is 2. The van der Waals surface area contributed by atoms with Gasteiger partial charge in [0.05, 0.1) is 18.3 Å². The standard InChI is InChI=1S/C16H27NO3S/c18-15(4-8-19-14-1-6-17-7-2-14)13-3-9-20-16(11-13)5-10-21-12-16/h13-14,17H,1-12H2. The Kier molecular flexibility index (Phi) is 5.60. The van der Waals surface area contributed by atoms with Gasteiger partial charge in [0.25, 0.3) is 0 Å². The molecule has 3 saturated heterocycles. The van der Waals surface area contributed by atoms with E-state index in [-0.39, 0.29) is 11.5 Å². The summed E-state index contributed by atoms with van der Waals surface area (Å²) in [5.41, 5.74) is 0.0130. The van der Waals surface area contributed by atoms with E-state index in [2.05, 4.69) is 5.32 Å². The van der Waals surface area contributed by atoms with E-state index in [4.69, 9.17) is 9.47 Å². The van der Waals surface area contributed by atoms with Crippen molar-refractivity contribution in [3.05, 3.63) is 0 Å². The molecule has 3 aliphatic heterocycles. The van der Waals surface area contributed by atoms with Crippen LogP contribution in [0.15, 0.2) is 0 Å². The van der Waals surface area contributed by atoms with Crippen molar-refractivity contribution in [3.8, 4) is 0 Å². The van der Waals surface area contributed by atoms with Gasteiger partial charge >= 0.3 is 0 Å². The van der Waals surface area contributed by atoms with Crippen LogP contribution in [0.5, 0.6) is 0 Å². The Labute approximate surface area is 131 Å². The number of carbonyl (C=O) groups is 1. The lowest BCUT2D eigenvalue weighted by Crippen LogP contribution is -2.42. The second kappa shape index (κ2) is 7.44. The van der Waals surface area contributed by atoms with Crippen molar-refractivity contribution in [2.24, 2.45) is 5.92 Å². The summed E-state index contributed by atoms with van der Waals surface area (Å²) in [6.45, 7) is 3.44. The fourth-order valence-electron chi connectivity index (χ4n) is 3.66. The predicted molar refractivity (Wildman–Crippen MR) is 84.8 cm³/mol. The zero-order valence-electron chi connectivity index (χ0n) is 12.8. The molecule has 1 N–H and O–H groups in total. The average Bonchev–Trinajstić information content (AvgIpc) is 2.96. The third-order valence-corrected chi connectivity index (χ3v) is 6.23. The molecule has 0 bridgehead atoms. The Morgan fingerprint density at radius 2 is 2.19 bits per heavy atom. The van der Waals surface area contributed by atoms with Gasteiger partial charge in [-0.2, -0.15) is 11.8 Å². The van der Waals surface area contributed by atoms with Crippen LogP contribution >= 0.6 is 11.8 Å². The molecule has 2 unspecified atom stereocenters. The average molecular weight is 313 g/mol. The van der Waals surface area contributed by atoms with Gasteiger partial charge in [0.2, 0.25) is 0 Å². The zero-order valence-corrected chi connectivity index (χ0v) is 13.6. The van der Waals surface area contributed by atoms with Crippen LogP contribution in [0.3, 0.4) is 0 Å². The topological polar surface area (TPSA) is 47.6 Å². The van der Waals surface area contributed by atoms with Crippen molar-refractivity contribution in [2.45, 2.75) is 50.2 Å². The summed E-state index contributed by atoms with van der Waals surface area (Å²) in [5.74, 6) is 2.85. The molecule has 0 aliphatic carbocycles. The Hall–Kier alpha value is -0.100. The van der Waals surface area contributed by atoms with Gasteiger partial charge in [0, 0.05) is 24.7 Å². The molecule has 3 aliphatic rings. The van der Waals surface area contributed by atoms with Gasteiger partial charge in [-0.1, -0.05) is 0 Å². The van der Waals surface area contributed by atoms with E-state index in [0.29, 0.717) is 24.9 Å². The molecule has 5 heteroatoms. The highest BCUT2D eigenvalue weighted by molar-refractivity contribution is 7.99. The molecule has 3 fully saturated rings. The number of piperidine rings is 1. The number of nitrogens with one attached hydrogen (secondary N) is 1. The third-order valence-electron chi connectivity index (χ3n) is 5.00. The van der Waals surface area contributed by atoms with Crippen LogP contribution < -0.4 is 5.32 Å². The van der Waals surface area contributed by atoms with E-state index in [0.717, 1.165) is 57.6 Å². The summed E-state index contributed by atoms with van der Waals surface area (Å²) in [4.78, 5) is 12.4. The van der Waals surface area contributed by atoms with Crippen LogP contribution in [-0.4, -0.2) is 55.3 Å². The number of thioether (sulfide) groups is 1. The fourth-order valence-corrected chi connectivity index (χ4v) is 5.04. The molecule has 120 valence electrons. The molecule has 0 aromatic rings. The Bertz CT molecular complexity index is 351. The lowest BCUT2D eigenvalue weighted by Gasteiger charge is -2.37. The van der Waals surface area contributed by atoms with E-state index in [1.807, 2.05) is 11.8 Å². The van der Waals surface area contributed by atoms with Crippen LogP contribution in [0.4, 0.5) is 0 Å². The minimum atomic E-state index is 0.0130. The van der Waals surface area contributed by atoms with E-state index >= 15 is 0 Å². The van der Waals surface area contributed by atoms with Crippen LogP contribution in [0, 0.1) is 5.92 Å². The highest BCUT2D eigenvalue weighted by Crippen LogP contribution is 2.40. The highest BCUT2D eigenvalue weighted by Gasteiger charge is 2.42. The third kappa shape index (κ3) is 4.21. The number of rotatable bonds is 5. The first-order valence-corrected chi connectivity index (χ1v) is 9.50. The number of carbonyl (C=O) groups excluding carboxylic acids is 1. The van der Waals surface area contributed by atoms with Crippen LogP contribution in [0.2, 0.25) is 0 Å². The lowest BCUT2D eigenvalue weighted by atomic mass is 9.82. The first-order chi connectivity index (χ1) is 10.3. The van der Waals surface area contributed by atoms with Crippen molar-refractivity contribution >= 4 is 17.5 Å². The van der Waals surface area contributed by atoms with Gasteiger partial charge in [-0.25, -0.2) is 0 Å². The van der Waals surface area contributed by atoms with Crippen molar-refractivity contribution in [1.82, 2.24) is 5.32 Å². The molecule has 0 radical (unpaired) electrons. The zero-order chi connectivity index (χ0) is 14.5. The molecule has 2 atom stereocenters. The summed E-state index contributed by atoms with van der Waals surface area (Å²) in [7, 11) is 0. The maximum absolute atomic E-state index is 12.4. The van der Waals surface area contributed by atoms with Gasteiger partial charge < -0.3 is 14.8 Å². The van der Waals surface area contributed by atoms with E-state index in [9.17, 15) is 4.79 Å². The summed E-state index contributed by atoms with van der Waals surface area (Å²) >= 11 is 1.96. The summed E-state index contributed by atoms with van der Waals surface area (Å²) in [6.07, 6.45) is 6.04. The summed E-state index contributed by atoms with van der Waals surface area (Å²) in [5, 5.41) is 3.33. The van der Waals surface area contributed by atoms with E-state index < -0.39 is 0 Å². The quantitative estimate of drug-likeness (QED) is 0.841. The van der Waals surface area contributed by atoms with Gasteiger partial charge in [-0.15, -0.1) is 0 Å². The molecule has 0 aromatic carbocycles. The number of hydrogen-bond donors (Lipinski definition) is 1. The highest BCUT2D eigenvalue weighted by atomic mass is 32.2. The first kappa shape index (κ1) is 15.8. The second-order valence-electron chi connectivity index (χ2n) is 6.56. The van der Waals surface area contributed by atoms with Crippen molar-refractivity contribution < 1.29 is 14.3 Å². The summed E-state index contributed by atoms with van der Waals surface area (Å²) in [6, 6.07) is 0. The van der Waals surface area contributed by atoms with Gasteiger partial charge in [-0.05, 0) is 50.9 Å². The molecule has 3 heterocycles. The van der Waals surface area contributed by atoms with Gasteiger partial charge in [0.1, 0.15) is 5.78 Å². The maximum Gasteiger partial charge on any atom is 0.138 e. The Balaban J connectivity index is 1.40. The molecule has 0 amide bonds. The molecule has 0 saturated carbocycles. The number of Topliss-reactive ketones (excluding diaryl/α,β-unsaturated/α-hetero) is 1. The van der Waals surface area contributed by atoms with Crippen LogP contribution in [-0.2, 0) is 14.3 Å². The van der Waals surface area contributed by atoms with Crippen molar-refractivity contribution in [3.63, 3.8) is 0 Å². The lowest BCUT2D eigenvalue weighted by molar-refractivity contribution is -0.135. The summed E-state index contributed by atoms with van der Waals surface area (Å²) < 4.78 is 11.9. The van der Waals surface area contributed by atoms with Gasteiger partial charge in [-0.3, -0.25) is 4.79 Å². The van der Waals surface area contributed by atoms with E-state index in [1.165, 1.54) is 5.75 Å². The molecule has 3 rings (SSSR count). The maximum atomic E-state index is 12.4. The van der Waals surface area contributed by atoms with Crippen LogP contribution in [0.25, 0.3) is 0 Å². The molecule has 1 spiro atoms. The van der Waals surface area contributed by atoms with Crippen molar-refractivity contribution in [2.75, 3.05) is 37.8 Å². The fraction of sp³-hybridized carbons (Fsp3) is 0.938. The smallest absolute Gasteiger partial charge is 0.138 e. The molecule has 4 nitrogen and oxygen atoms in total. The minimum absolute atomic E-state index is 0.0130. The van der Waals surface area contributed by atoms with Crippen molar-refractivity contribution in [1.29, 1.82) is 0 Å². The predicted octanol–water partition coefficient (Wildman–Crippen LogP) is 2.02. The Morgan fingerprint density at radius 1 is 1.33 bits per heavy atom. The van der Waals surface area contributed by atoms with Gasteiger partial charge in [0.15, 0.2) is 0 Å². The second-order valence-corrected chi connectivity index (χ2v) is 7.67. The Morgan fingerprint density at radius 3 is 2.95 bits per heavy atom. The number of ketones is 1. The molecular weight excluding hydrogens is 286 g/mol. The van der Waals surface area contributed by atoms with Crippen LogP contribution in [0.1, 0.15) is 38.5 Å². The first-order valence-electron chi connectivity index (χ1n) is 8.34.